The summed E-state index contributed by atoms with van der Waals surface area (Å²) in [5, 5.41) is 1.34. The number of amides is 1. The molecule has 0 radical (unpaired) electrons. The van der Waals surface area contributed by atoms with Crippen molar-refractivity contribution in [2.24, 2.45) is 11.8 Å². The summed E-state index contributed by atoms with van der Waals surface area (Å²) in [5.41, 5.74) is 12.9. The minimum Gasteiger partial charge on any atom is -0.339 e. The normalized spacial score (nSPS) is 36.3. The smallest absolute Gasteiger partial charge is 0.223 e. The molecule has 8 heterocycles. The van der Waals surface area contributed by atoms with Crippen molar-refractivity contribution in [1.82, 2.24) is 14.4 Å². The van der Waals surface area contributed by atoms with E-state index in [1.54, 1.807) is 11.1 Å². The highest BCUT2D eigenvalue weighted by atomic mass is 16.2. The van der Waals surface area contributed by atoms with Crippen molar-refractivity contribution in [2.75, 3.05) is 31.1 Å². The molecule has 7 aliphatic heterocycles. The first kappa shape index (κ1) is 24.6. The lowest BCUT2D eigenvalue weighted by Crippen LogP contribution is -2.60. The Kier molecular flexibility index (Phi) is 4.81. The molecule has 3 aromatic rings. The summed E-state index contributed by atoms with van der Waals surface area (Å²) >= 11 is 0. The van der Waals surface area contributed by atoms with Crippen LogP contribution in [0.3, 0.4) is 0 Å². The van der Waals surface area contributed by atoms with Gasteiger partial charge in [0.05, 0.1) is 17.3 Å². The molecular formula is C38H38N4O. The highest BCUT2D eigenvalue weighted by Gasteiger charge is 2.66. The van der Waals surface area contributed by atoms with Crippen molar-refractivity contribution in [3.05, 3.63) is 100 Å². The topological polar surface area (TPSA) is 31.7 Å². The van der Waals surface area contributed by atoms with Gasteiger partial charge in [-0.3, -0.25) is 9.69 Å². The first-order chi connectivity index (χ1) is 21.1. The van der Waals surface area contributed by atoms with Crippen LogP contribution < -0.4 is 4.90 Å². The second-order valence-corrected chi connectivity index (χ2v) is 13.9. The average molecular weight is 567 g/mol. The van der Waals surface area contributed by atoms with Crippen molar-refractivity contribution in [3.63, 3.8) is 0 Å². The van der Waals surface area contributed by atoms with E-state index in [0.717, 1.165) is 32.6 Å². The molecule has 1 aliphatic carbocycles. The van der Waals surface area contributed by atoms with E-state index in [1.165, 1.54) is 57.4 Å². The minimum absolute atomic E-state index is 0.0830. The number of hydrogen-bond acceptors (Lipinski definition) is 3. The summed E-state index contributed by atoms with van der Waals surface area (Å²) in [6.45, 7) is 8.19. The SMILES string of the molecule is CC=C1CN2CCc3c4n(c5ccccc35)/C=C3/[C@H]5C[C@@H]6N(CC[C@@]67c6ccccc6N(/C=C\4[C@H]1CC2=O)[C@@H]37)C/C5=C/C. The van der Waals surface area contributed by atoms with Gasteiger partial charge in [-0.2, -0.15) is 0 Å². The number of piperidine rings is 2. The highest BCUT2D eigenvalue weighted by molar-refractivity contribution is 5.96. The number of carbonyl (C=O) groups is 1. The van der Waals surface area contributed by atoms with Gasteiger partial charge in [-0.05, 0) is 74.1 Å². The predicted octanol–water partition coefficient (Wildman–Crippen LogP) is 6.37. The summed E-state index contributed by atoms with van der Waals surface area (Å²) < 4.78 is 2.58. The Bertz CT molecular complexity index is 1890. The fraction of sp³-hybridized carbons (Fsp3) is 0.395. The molecule has 216 valence electrons. The number of allylic oxidation sites excluding steroid dienone is 3. The van der Waals surface area contributed by atoms with Gasteiger partial charge in [0, 0.05) is 78.4 Å². The molecular weight excluding hydrogens is 528 g/mol. The third-order valence-corrected chi connectivity index (χ3v) is 12.5. The average Bonchev–Trinajstić information content (AvgIpc) is 3.67. The Hall–Kier alpha value is -3.83. The molecule has 11 rings (SSSR count). The van der Waals surface area contributed by atoms with E-state index in [9.17, 15) is 4.79 Å². The molecule has 1 spiro atoms. The van der Waals surface area contributed by atoms with Crippen molar-refractivity contribution in [3.8, 4) is 0 Å². The largest absolute Gasteiger partial charge is 0.339 e. The van der Waals surface area contributed by atoms with E-state index in [4.69, 9.17) is 0 Å². The number of benzene rings is 2. The van der Waals surface area contributed by atoms with Crippen molar-refractivity contribution in [2.45, 2.75) is 57.0 Å². The lowest BCUT2D eigenvalue weighted by Gasteiger charge is -2.54. The van der Waals surface area contributed by atoms with E-state index in [1.807, 2.05) is 0 Å². The second-order valence-electron chi connectivity index (χ2n) is 13.9. The number of anilines is 1. The summed E-state index contributed by atoms with van der Waals surface area (Å²) in [6.07, 6.45) is 13.7. The lowest BCUT2D eigenvalue weighted by molar-refractivity contribution is -0.132. The minimum atomic E-state index is 0.0830. The molecule has 4 fully saturated rings. The number of rotatable bonds is 0. The Balaban J connectivity index is 1.35. The number of nitrogens with zero attached hydrogens (tertiary/aromatic N) is 4. The zero-order valence-corrected chi connectivity index (χ0v) is 25.1. The van der Waals surface area contributed by atoms with Crippen LogP contribution in [0.2, 0.25) is 0 Å². The van der Waals surface area contributed by atoms with Gasteiger partial charge in [0.15, 0.2) is 0 Å². The van der Waals surface area contributed by atoms with Crippen LogP contribution in [0.1, 0.15) is 49.9 Å². The quantitative estimate of drug-likeness (QED) is 0.297. The van der Waals surface area contributed by atoms with E-state index >= 15 is 0 Å². The van der Waals surface area contributed by atoms with Crippen molar-refractivity contribution >= 4 is 34.3 Å². The van der Waals surface area contributed by atoms with Gasteiger partial charge in [0.25, 0.3) is 0 Å². The molecule has 0 N–H and O–H groups in total. The molecule has 1 amide bonds. The summed E-state index contributed by atoms with van der Waals surface area (Å²) in [6, 6.07) is 19.2. The third kappa shape index (κ3) is 2.90. The van der Waals surface area contributed by atoms with Crippen LogP contribution in [0.5, 0.6) is 0 Å². The number of hydrogen-bond donors (Lipinski definition) is 0. The zero-order chi connectivity index (χ0) is 28.6. The summed E-state index contributed by atoms with van der Waals surface area (Å²) in [4.78, 5) is 21.2. The van der Waals surface area contributed by atoms with Gasteiger partial charge in [-0.1, -0.05) is 54.1 Å². The van der Waals surface area contributed by atoms with Gasteiger partial charge in [-0.15, -0.1) is 0 Å². The van der Waals surface area contributed by atoms with E-state index < -0.39 is 0 Å². The molecule has 5 nitrogen and oxygen atoms in total. The van der Waals surface area contributed by atoms with E-state index in [-0.39, 0.29) is 17.4 Å². The Morgan fingerprint density at radius 1 is 0.907 bits per heavy atom. The molecule has 8 aliphatic rings. The molecule has 4 bridgehead atoms. The Labute approximate surface area is 253 Å². The predicted molar refractivity (Wildman–Crippen MR) is 173 cm³/mol. The third-order valence-electron chi connectivity index (χ3n) is 12.5. The van der Waals surface area contributed by atoms with Gasteiger partial charge >= 0.3 is 0 Å². The first-order valence-corrected chi connectivity index (χ1v) is 16.4. The van der Waals surface area contributed by atoms with E-state index in [0.29, 0.717) is 24.3 Å². The van der Waals surface area contributed by atoms with Crippen LogP contribution in [0.4, 0.5) is 5.69 Å². The van der Waals surface area contributed by atoms with Crippen LogP contribution in [0.15, 0.2) is 83.6 Å². The maximum Gasteiger partial charge on any atom is 0.223 e. The first-order valence-electron chi connectivity index (χ1n) is 16.4. The maximum absolute atomic E-state index is 13.6. The maximum atomic E-state index is 13.6. The molecule has 1 aromatic heterocycles. The molecule has 2 aromatic carbocycles. The lowest BCUT2D eigenvalue weighted by atomic mass is 9.58. The molecule has 5 atom stereocenters. The molecule has 0 unspecified atom stereocenters. The Morgan fingerprint density at radius 2 is 1.72 bits per heavy atom. The Morgan fingerprint density at radius 3 is 2.60 bits per heavy atom. The fourth-order valence-corrected chi connectivity index (χ4v) is 10.7. The van der Waals surface area contributed by atoms with Gasteiger partial charge in [-0.25, -0.2) is 0 Å². The number of para-hydroxylation sites is 2. The summed E-state index contributed by atoms with van der Waals surface area (Å²) in [5.74, 6) is 0.837. The number of carbonyl (C=O) groups excluding carboxylic acids is 1. The van der Waals surface area contributed by atoms with Gasteiger partial charge < -0.3 is 14.4 Å². The number of fused-ring (bicyclic) bond motifs is 9. The molecule has 1 saturated carbocycles. The van der Waals surface area contributed by atoms with E-state index in [2.05, 4.69) is 106 Å². The van der Waals surface area contributed by atoms with Crippen molar-refractivity contribution < 1.29 is 4.79 Å². The van der Waals surface area contributed by atoms with Gasteiger partial charge in [0.1, 0.15) is 0 Å². The van der Waals surface area contributed by atoms with Crippen LogP contribution in [-0.4, -0.2) is 58.5 Å². The van der Waals surface area contributed by atoms with Crippen LogP contribution in [-0.2, 0) is 16.6 Å². The van der Waals surface area contributed by atoms with Gasteiger partial charge in [0.2, 0.25) is 5.91 Å². The molecule has 5 heteroatoms. The highest BCUT2D eigenvalue weighted by Crippen LogP contribution is 2.64. The standard InChI is InChI=1S/C38H38N4O/c1-3-23-19-39-16-14-38-31-10-6-8-12-33(31)42-21-29-28-18-35(43)40(20-24(28)4-2)15-13-26-25-9-5-7-11-32(25)41(36(26)29)22-30(37(38)42)27(23)17-34(38)39/h3-12,21-22,27-28,34,37H,13-20H2,1-2H3/b23-3-,24-4?,29-21-,30-22-/t27-,28-,34-,37-,38+/m0/s1. The zero-order valence-electron chi connectivity index (χ0n) is 25.1. The van der Waals surface area contributed by atoms with Crippen LogP contribution in [0, 0.1) is 11.8 Å². The van der Waals surface area contributed by atoms with Crippen LogP contribution in [0.25, 0.3) is 22.7 Å². The van der Waals surface area contributed by atoms with Crippen molar-refractivity contribution in [1.29, 1.82) is 0 Å². The van der Waals surface area contributed by atoms with Crippen LogP contribution >= 0.6 is 0 Å². The number of aromatic nitrogens is 1. The molecule has 3 saturated heterocycles. The monoisotopic (exact) mass is 566 g/mol. The molecule has 43 heavy (non-hydrogen) atoms. The second kappa shape index (κ2) is 8.41. The summed E-state index contributed by atoms with van der Waals surface area (Å²) in [7, 11) is 0. The fourth-order valence-electron chi connectivity index (χ4n) is 10.7.